The summed E-state index contributed by atoms with van der Waals surface area (Å²) in [4.78, 5) is 0. The summed E-state index contributed by atoms with van der Waals surface area (Å²) in [5.41, 5.74) is 8.54. The number of nitrogen functional groups attached to an aromatic ring is 1. The van der Waals surface area contributed by atoms with Crippen molar-refractivity contribution in [1.82, 2.24) is 10.2 Å². The molecule has 0 spiro atoms. The van der Waals surface area contributed by atoms with Gasteiger partial charge in [-0.25, -0.2) is 0 Å². The second-order valence-electron chi connectivity index (χ2n) is 3.24. The number of hydrogen-bond donors (Lipinski definition) is 2. The van der Waals surface area contributed by atoms with Crippen LogP contribution >= 0.6 is 34.2 Å². The fourth-order valence-electron chi connectivity index (χ4n) is 1.34. The number of nitrogens with zero attached hydrogens (tertiary/aromatic N) is 1. The number of rotatable bonds is 1. The molecule has 2 aromatic rings. The van der Waals surface area contributed by atoms with Crippen molar-refractivity contribution in [3.8, 4) is 11.3 Å². The highest BCUT2D eigenvalue weighted by molar-refractivity contribution is 14.1. The van der Waals surface area contributed by atoms with Crippen molar-refractivity contribution in [2.45, 2.75) is 6.92 Å². The van der Waals surface area contributed by atoms with Crippen LogP contribution in [0.25, 0.3) is 11.3 Å². The zero-order chi connectivity index (χ0) is 11.0. The van der Waals surface area contributed by atoms with Crippen LogP contribution in [0.15, 0.2) is 18.2 Å². The van der Waals surface area contributed by atoms with E-state index < -0.39 is 0 Å². The summed E-state index contributed by atoms with van der Waals surface area (Å²) in [7, 11) is 0. The predicted molar refractivity (Wildman–Crippen MR) is 70.9 cm³/mol. The molecule has 0 aliphatic rings. The second-order valence-corrected chi connectivity index (χ2v) is 4.81. The largest absolute Gasteiger partial charge is 0.382 e. The van der Waals surface area contributed by atoms with Crippen molar-refractivity contribution in [1.29, 1.82) is 0 Å². The predicted octanol–water partition coefficient (Wildman–Crippen LogP) is 3.23. The van der Waals surface area contributed by atoms with Gasteiger partial charge in [0.2, 0.25) is 0 Å². The van der Waals surface area contributed by atoms with Crippen LogP contribution in [-0.4, -0.2) is 10.2 Å². The van der Waals surface area contributed by atoms with Crippen molar-refractivity contribution < 1.29 is 0 Å². The van der Waals surface area contributed by atoms with Crippen LogP contribution in [0.2, 0.25) is 5.02 Å². The Morgan fingerprint density at radius 3 is 2.73 bits per heavy atom. The maximum Gasteiger partial charge on any atom is 0.148 e. The van der Waals surface area contributed by atoms with Crippen LogP contribution < -0.4 is 5.73 Å². The van der Waals surface area contributed by atoms with Crippen LogP contribution in [0.1, 0.15) is 5.56 Å². The van der Waals surface area contributed by atoms with E-state index in [1.807, 2.05) is 25.1 Å². The van der Waals surface area contributed by atoms with Gasteiger partial charge in [0.1, 0.15) is 5.82 Å². The lowest BCUT2D eigenvalue weighted by atomic mass is 10.1. The first-order chi connectivity index (χ1) is 7.09. The van der Waals surface area contributed by atoms with E-state index in [2.05, 4.69) is 32.8 Å². The van der Waals surface area contributed by atoms with Gasteiger partial charge < -0.3 is 5.73 Å². The Balaban J connectivity index is 2.55. The molecule has 0 fully saturated rings. The third-order valence-corrected chi connectivity index (χ3v) is 3.83. The Hall–Kier alpha value is -0.750. The maximum absolute atomic E-state index is 6.05. The number of aromatic nitrogens is 2. The van der Waals surface area contributed by atoms with E-state index in [1.54, 1.807) is 0 Å². The highest BCUT2D eigenvalue weighted by atomic mass is 127. The maximum atomic E-state index is 6.05. The van der Waals surface area contributed by atoms with Gasteiger partial charge in [0.05, 0.1) is 10.7 Å². The van der Waals surface area contributed by atoms with E-state index in [0.717, 1.165) is 25.4 Å². The number of anilines is 1. The number of aromatic amines is 1. The Kier molecular flexibility index (Phi) is 2.88. The number of hydrogen-bond acceptors (Lipinski definition) is 2. The molecule has 0 atom stereocenters. The topological polar surface area (TPSA) is 54.7 Å². The van der Waals surface area contributed by atoms with Crippen molar-refractivity contribution in [3.05, 3.63) is 32.4 Å². The minimum atomic E-state index is 0.527. The van der Waals surface area contributed by atoms with Gasteiger partial charge in [-0.1, -0.05) is 17.7 Å². The van der Waals surface area contributed by atoms with Crippen molar-refractivity contribution in [2.24, 2.45) is 0 Å². The van der Waals surface area contributed by atoms with Crippen molar-refractivity contribution >= 4 is 40.0 Å². The first kappa shape index (κ1) is 10.8. The number of nitrogens with one attached hydrogen (secondary N) is 1. The molecule has 0 amide bonds. The smallest absolute Gasteiger partial charge is 0.148 e. The van der Waals surface area contributed by atoms with Gasteiger partial charge in [0, 0.05) is 14.7 Å². The summed E-state index contributed by atoms with van der Waals surface area (Å²) in [6.45, 7) is 1.93. The minimum absolute atomic E-state index is 0.527. The summed E-state index contributed by atoms with van der Waals surface area (Å²) >= 11 is 8.24. The molecular formula is C10H9ClIN3. The molecule has 0 unspecified atom stereocenters. The molecule has 1 aromatic heterocycles. The van der Waals surface area contributed by atoms with Gasteiger partial charge in [-0.05, 0) is 41.6 Å². The number of nitrogens with two attached hydrogens (primary N) is 1. The van der Waals surface area contributed by atoms with Crippen LogP contribution in [0, 0.1) is 10.5 Å². The summed E-state index contributed by atoms with van der Waals surface area (Å²) in [5, 5.41) is 7.59. The lowest BCUT2D eigenvalue weighted by Crippen LogP contribution is -1.86. The van der Waals surface area contributed by atoms with Gasteiger partial charge >= 0.3 is 0 Å². The number of halogens is 2. The zero-order valence-corrected chi connectivity index (χ0v) is 10.9. The Bertz CT molecular complexity index is 507. The summed E-state index contributed by atoms with van der Waals surface area (Å²) in [6, 6.07) is 5.87. The summed E-state index contributed by atoms with van der Waals surface area (Å²) in [5.74, 6) is 0.527. The van der Waals surface area contributed by atoms with Crippen LogP contribution in [0.3, 0.4) is 0 Å². The summed E-state index contributed by atoms with van der Waals surface area (Å²) < 4.78 is 1.03. The van der Waals surface area contributed by atoms with Crippen molar-refractivity contribution in [2.75, 3.05) is 5.73 Å². The van der Waals surface area contributed by atoms with Gasteiger partial charge in [-0.15, -0.1) is 0 Å². The van der Waals surface area contributed by atoms with Gasteiger partial charge in [0.15, 0.2) is 0 Å². The molecule has 0 aliphatic carbocycles. The van der Waals surface area contributed by atoms with Crippen LogP contribution in [0.5, 0.6) is 0 Å². The Labute approximate surface area is 106 Å². The van der Waals surface area contributed by atoms with Gasteiger partial charge in [0.25, 0.3) is 0 Å². The molecule has 0 saturated heterocycles. The average Bonchev–Trinajstić information content (AvgIpc) is 2.53. The summed E-state index contributed by atoms with van der Waals surface area (Å²) in [6.07, 6.45) is 0. The highest BCUT2D eigenvalue weighted by Gasteiger charge is 2.09. The van der Waals surface area contributed by atoms with E-state index in [-0.39, 0.29) is 0 Å². The van der Waals surface area contributed by atoms with Gasteiger partial charge in [-0.3, -0.25) is 5.10 Å². The van der Waals surface area contributed by atoms with E-state index in [9.17, 15) is 0 Å². The monoisotopic (exact) mass is 333 g/mol. The lowest BCUT2D eigenvalue weighted by Gasteiger charge is -2.02. The molecule has 0 radical (unpaired) electrons. The van der Waals surface area contributed by atoms with Crippen LogP contribution in [0.4, 0.5) is 5.82 Å². The molecule has 0 aliphatic heterocycles. The SMILES string of the molecule is Cc1c(N)n[nH]c1-c1ccc(I)c(Cl)c1. The van der Waals surface area contributed by atoms with E-state index in [1.165, 1.54) is 0 Å². The molecule has 3 N–H and O–H groups in total. The fourth-order valence-corrected chi connectivity index (χ4v) is 1.86. The molecule has 78 valence electrons. The molecule has 2 rings (SSSR count). The minimum Gasteiger partial charge on any atom is -0.382 e. The molecule has 0 bridgehead atoms. The van der Waals surface area contributed by atoms with E-state index in [0.29, 0.717) is 5.82 Å². The lowest BCUT2D eigenvalue weighted by molar-refractivity contribution is 1.10. The zero-order valence-electron chi connectivity index (χ0n) is 8.01. The van der Waals surface area contributed by atoms with Crippen LogP contribution in [-0.2, 0) is 0 Å². The normalized spacial score (nSPS) is 10.6. The molecule has 15 heavy (non-hydrogen) atoms. The number of benzene rings is 1. The highest BCUT2D eigenvalue weighted by Crippen LogP contribution is 2.28. The molecule has 1 aromatic carbocycles. The molecule has 1 heterocycles. The Morgan fingerprint density at radius 2 is 2.20 bits per heavy atom. The van der Waals surface area contributed by atoms with Crippen molar-refractivity contribution in [3.63, 3.8) is 0 Å². The van der Waals surface area contributed by atoms with E-state index in [4.69, 9.17) is 17.3 Å². The molecule has 3 nitrogen and oxygen atoms in total. The quantitative estimate of drug-likeness (QED) is 0.787. The second kappa shape index (κ2) is 4.02. The Morgan fingerprint density at radius 1 is 1.47 bits per heavy atom. The third-order valence-electron chi connectivity index (χ3n) is 2.26. The number of H-pyrrole nitrogens is 1. The fraction of sp³-hybridized carbons (Fsp3) is 0.100. The van der Waals surface area contributed by atoms with Gasteiger partial charge in [-0.2, -0.15) is 5.10 Å². The van der Waals surface area contributed by atoms with E-state index >= 15 is 0 Å². The average molecular weight is 334 g/mol. The molecule has 0 saturated carbocycles. The first-order valence-corrected chi connectivity index (χ1v) is 5.81. The third kappa shape index (κ3) is 1.96. The molecule has 5 heteroatoms. The first-order valence-electron chi connectivity index (χ1n) is 4.35. The molecular weight excluding hydrogens is 324 g/mol. The standard InChI is InChI=1S/C10H9ClIN3/c1-5-9(14-15-10(5)13)6-2-3-8(12)7(11)4-6/h2-4H,1H3,(H3,13,14,15).